The van der Waals surface area contributed by atoms with Crippen LogP contribution in [0.3, 0.4) is 0 Å². The molecule has 0 saturated heterocycles. The SMILES string of the molecule is CC(C)CC(O)CNCc1cc(C#N)cs1. The van der Waals surface area contributed by atoms with Crippen molar-refractivity contribution in [3.05, 3.63) is 21.9 Å². The van der Waals surface area contributed by atoms with Crippen LogP contribution in [-0.2, 0) is 6.54 Å². The fraction of sp³-hybridized carbons (Fsp3) is 0.583. The molecule has 0 aromatic carbocycles. The molecule has 0 fully saturated rings. The molecular formula is C12H18N2OS. The van der Waals surface area contributed by atoms with E-state index in [0.29, 0.717) is 18.0 Å². The minimum Gasteiger partial charge on any atom is -0.392 e. The van der Waals surface area contributed by atoms with Gasteiger partial charge in [-0.1, -0.05) is 13.8 Å². The Morgan fingerprint density at radius 1 is 1.56 bits per heavy atom. The van der Waals surface area contributed by atoms with Crippen LogP contribution in [0.15, 0.2) is 11.4 Å². The topological polar surface area (TPSA) is 56.0 Å². The minimum absolute atomic E-state index is 0.282. The Morgan fingerprint density at radius 2 is 2.31 bits per heavy atom. The Morgan fingerprint density at radius 3 is 2.88 bits per heavy atom. The predicted octanol–water partition coefficient (Wildman–Crippen LogP) is 2.12. The first kappa shape index (κ1) is 13.2. The highest BCUT2D eigenvalue weighted by molar-refractivity contribution is 7.10. The smallest absolute Gasteiger partial charge is 0.100 e. The van der Waals surface area contributed by atoms with Crippen molar-refractivity contribution in [2.24, 2.45) is 5.92 Å². The van der Waals surface area contributed by atoms with E-state index in [4.69, 9.17) is 5.26 Å². The molecule has 3 nitrogen and oxygen atoms in total. The first-order valence-corrected chi connectivity index (χ1v) is 6.36. The van der Waals surface area contributed by atoms with Crippen LogP contribution in [0.25, 0.3) is 0 Å². The van der Waals surface area contributed by atoms with Crippen molar-refractivity contribution in [3.63, 3.8) is 0 Å². The van der Waals surface area contributed by atoms with Crippen LogP contribution in [0.2, 0.25) is 0 Å². The fourth-order valence-corrected chi connectivity index (χ4v) is 2.30. The van der Waals surface area contributed by atoms with Gasteiger partial charge in [0.1, 0.15) is 6.07 Å². The fourth-order valence-electron chi connectivity index (χ4n) is 1.52. The van der Waals surface area contributed by atoms with E-state index in [1.54, 1.807) is 11.3 Å². The molecule has 0 radical (unpaired) electrons. The molecule has 1 atom stereocenters. The molecule has 1 aromatic rings. The molecule has 88 valence electrons. The minimum atomic E-state index is -0.282. The van der Waals surface area contributed by atoms with E-state index in [2.05, 4.69) is 25.2 Å². The molecule has 1 unspecified atom stereocenters. The van der Waals surface area contributed by atoms with Crippen molar-refractivity contribution in [1.29, 1.82) is 5.26 Å². The lowest BCUT2D eigenvalue weighted by Crippen LogP contribution is -2.27. The molecule has 1 heterocycles. The Bertz CT molecular complexity index is 354. The molecule has 4 heteroatoms. The molecule has 16 heavy (non-hydrogen) atoms. The van der Waals surface area contributed by atoms with E-state index in [1.807, 2.05) is 11.4 Å². The first-order chi connectivity index (χ1) is 7.61. The van der Waals surface area contributed by atoms with Gasteiger partial charge in [0.15, 0.2) is 0 Å². The van der Waals surface area contributed by atoms with E-state index >= 15 is 0 Å². The highest BCUT2D eigenvalue weighted by atomic mass is 32.1. The second-order valence-electron chi connectivity index (χ2n) is 4.33. The van der Waals surface area contributed by atoms with Crippen LogP contribution >= 0.6 is 11.3 Å². The molecule has 2 N–H and O–H groups in total. The molecule has 0 aliphatic heterocycles. The van der Waals surface area contributed by atoms with Crippen molar-refractivity contribution < 1.29 is 5.11 Å². The normalized spacial score (nSPS) is 12.7. The Hall–Kier alpha value is -0.890. The van der Waals surface area contributed by atoms with Gasteiger partial charge in [-0.05, 0) is 18.4 Å². The number of aliphatic hydroxyl groups is 1. The largest absolute Gasteiger partial charge is 0.392 e. The summed E-state index contributed by atoms with van der Waals surface area (Å²) in [4.78, 5) is 1.13. The summed E-state index contributed by atoms with van der Waals surface area (Å²) < 4.78 is 0. The standard InChI is InChI=1S/C12H18N2OS/c1-9(2)3-11(15)6-14-7-12-4-10(5-13)8-16-12/h4,8-9,11,14-15H,3,6-7H2,1-2H3. The third-order valence-corrected chi connectivity index (χ3v) is 3.14. The molecule has 1 aromatic heterocycles. The zero-order valence-corrected chi connectivity index (χ0v) is 10.5. The number of rotatable bonds is 6. The van der Waals surface area contributed by atoms with E-state index in [0.717, 1.165) is 17.8 Å². The number of hydrogen-bond donors (Lipinski definition) is 2. The van der Waals surface area contributed by atoms with Gasteiger partial charge in [-0.3, -0.25) is 0 Å². The summed E-state index contributed by atoms with van der Waals surface area (Å²) in [5.74, 6) is 0.517. The van der Waals surface area contributed by atoms with E-state index < -0.39 is 0 Å². The lowest BCUT2D eigenvalue weighted by Gasteiger charge is -2.13. The average molecular weight is 238 g/mol. The molecule has 0 bridgehead atoms. The van der Waals surface area contributed by atoms with Gasteiger partial charge in [0, 0.05) is 23.3 Å². The summed E-state index contributed by atoms with van der Waals surface area (Å²) in [6.45, 7) is 5.53. The molecular weight excluding hydrogens is 220 g/mol. The third-order valence-electron chi connectivity index (χ3n) is 2.21. The van der Waals surface area contributed by atoms with Crippen LogP contribution in [0.4, 0.5) is 0 Å². The molecule has 0 amide bonds. The Balaban J connectivity index is 2.23. The monoisotopic (exact) mass is 238 g/mol. The van der Waals surface area contributed by atoms with Crippen molar-refractivity contribution >= 4 is 11.3 Å². The van der Waals surface area contributed by atoms with Gasteiger partial charge in [0.2, 0.25) is 0 Å². The predicted molar refractivity (Wildman–Crippen MR) is 66.2 cm³/mol. The number of nitrogens with zero attached hydrogens (tertiary/aromatic N) is 1. The van der Waals surface area contributed by atoms with Crippen molar-refractivity contribution in [3.8, 4) is 6.07 Å². The van der Waals surface area contributed by atoms with Gasteiger partial charge < -0.3 is 10.4 Å². The summed E-state index contributed by atoms with van der Waals surface area (Å²) in [6.07, 6.45) is 0.538. The Kier molecular flexibility index (Phi) is 5.47. The molecule has 0 saturated carbocycles. The van der Waals surface area contributed by atoms with Gasteiger partial charge in [-0.15, -0.1) is 11.3 Å². The molecule has 0 spiro atoms. The Labute approximate surface area is 101 Å². The second-order valence-corrected chi connectivity index (χ2v) is 5.32. The first-order valence-electron chi connectivity index (χ1n) is 5.48. The van der Waals surface area contributed by atoms with Crippen LogP contribution in [0, 0.1) is 17.2 Å². The summed E-state index contributed by atoms with van der Waals surface area (Å²) in [6, 6.07) is 3.99. The maximum atomic E-state index is 9.64. The van der Waals surface area contributed by atoms with Gasteiger partial charge in [0.25, 0.3) is 0 Å². The number of aliphatic hydroxyl groups excluding tert-OH is 1. The third kappa shape index (κ3) is 4.75. The molecule has 0 aliphatic rings. The van der Waals surface area contributed by atoms with Crippen molar-refractivity contribution in [1.82, 2.24) is 5.32 Å². The van der Waals surface area contributed by atoms with Crippen molar-refractivity contribution in [2.75, 3.05) is 6.54 Å². The molecule has 1 rings (SSSR count). The van der Waals surface area contributed by atoms with E-state index in [1.165, 1.54) is 0 Å². The number of thiophene rings is 1. The maximum absolute atomic E-state index is 9.64. The van der Waals surface area contributed by atoms with Crippen LogP contribution < -0.4 is 5.32 Å². The summed E-state index contributed by atoms with van der Waals surface area (Å²) >= 11 is 1.57. The quantitative estimate of drug-likeness (QED) is 0.798. The van der Waals surface area contributed by atoms with Gasteiger partial charge >= 0.3 is 0 Å². The summed E-state index contributed by atoms with van der Waals surface area (Å²) in [7, 11) is 0. The number of hydrogen-bond acceptors (Lipinski definition) is 4. The highest BCUT2D eigenvalue weighted by Gasteiger charge is 2.06. The number of nitrogens with one attached hydrogen (secondary N) is 1. The van der Waals surface area contributed by atoms with Crippen LogP contribution in [-0.4, -0.2) is 17.8 Å². The second kappa shape index (κ2) is 6.64. The average Bonchev–Trinajstić information content (AvgIpc) is 2.64. The van der Waals surface area contributed by atoms with Crippen LogP contribution in [0.5, 0.6) is 0 Å². The summed E-state index contributed by atoms with van der Waals surface area (Å²) in [5, 5.41) is 23.3. The van der Waals surface area contributed by atoms with E-state index in [-0.39, 0.29) is 6.10 Å². The molecule has 0 aliphatic carbocycles. The van der Waals surface area contributed by atoms with Gasteiger partial charge in [0.05, 0.1) is 11.7 Å². The lowest BCUT2D eigenvalue weighted by atomic mass is 10.1. The number of nitriles is 1. The highest BCUT2D eigenvalue weighted by Crippen LogP contribution is 2.13. The summed E-state index contributed by atoms with van der Waals surface area (Å²) in [5.41, 5.74) is 0.713. The van der Waals surface area contributed by atoms with E-state index in [9.17, 15) is 5.11 Å². The van der Waals surface area contributed by atoms with Gasteiger partial charge in [-0.25, -0.2) is 0 Å². The van der Waals surface area contributed by atoms with Crippen molar-refractivity contribution in [2.45, 2.75) is 32.9 Å². The zero-order chi connectivity index (χ0) is 12.0. The maximum Gasteiger partial charge on any atom is 0.100 e. The van der Waals surface area contributed by atoms with Gasteiger partial charge in [-0.2, -0.15) is 5.26 Å². The zero-order valence-electron chi connectivity index (χ0n) is 9.73. The lowest BCUT2D eigenvalue weighted by molar-refractivity contribution is 0.146. The van der Waals surface area contributed by atoms with Crippen LogP contribution in [0.1, 0.15) is 30.7 Å².